The molecule has 160 valence electrons. The number of hydrogen-bond donors (Lipinski definition) is 0. The fourth-order valence-electron chi connectivity index (χ4n) is 4.30. The van der Waals surface area contributed by atoms with E-state index in [1.54, 1.807) is 0 Å². The molecule has 0 saturated carbocycles. The molecule has 2 heterocycles. The maximum atomic E-state index is 5.64. The van der Waals surface area contributed by atoms with E-state index in [0.717, 1.165) is 17.5 Å². The average molecular weight is 415 g/mol. The molecule has 0 aliphatic heterocycles. The molecule has 0 saturated heterocycles. The Bertz CT molecular complexity index is 1180. The van der Waals surface area contributed by atoms with Gasteiger partial charge in [0.1, 0.15) is 0 Å². The van der Waals surface area contributed by atoms with Crippen molar-refractivity contribution in [2.75, 3.05) is 13.2 Å². The third-order valence-corrected chi connectivity index (χ3v) is 5.69. The van der Waals surface area contributed by atoms with E-state index in [4.69, 9.17) is 19.4 Å². The number of rotatable bonds is 6. The van der Waals surface area contributed by atoms with Gasteiger partial charge in [-0.05, 0) is 93.5 Å². The Balaban J connectivity index is 1.75. The Labute approximate surface area is 184 Å². The van der Waals surface area contributed by atoms with Gasteiger partial charge >= 0.3 is 0 Å². The lowest BCUT2D eigenvalue weighted by Crippen LogP contribution is -1.99. The largest absolute Gasteiger partial charge is 0.478 e. The number of pyridine rings is 2. The normalized spacial score (nSPS) is 11.3. The molecule has 0 spiro atoms. The van der Waals surface area contributed by atoms with Crippen molar-refractivity contribution in [1.29, 1.82) is 0 Å². The number of ether oxygens (including phenoxy) is 2. The number of benzene rings is 2. The van der Waals surface area contributed by atoms with Crippen molar-refractivity contribution in [2.45, 2.75) is 48.0 Å². The summed E-state index contributed by atoms with van der Waals surface area (Å²) in [7, 11) is 0. The van der Waals surface area contributed by atoms with Gasteiger partial charge in [0.05, 0.1) is 24.2 Å². The van der Waals surface area contributed by atoms with Gasteiger partial charge in [0.15, 0.2) is 0 Å². The van der Waals surface area contributed by atoms with Crippen LogP contribution in [0.2, 0.25) is 0 Å². The zero-order chi connectivity index (χ0) is 22.1. The van der Waals surface area contributed by atoms with E-state index in [1.165, 1.54) is 44.2 Å². The Morgan fingerprint density at radius 1 is 0.581 bits per heavy atom. The minimum Gasteiger partial charge on any atom is -0.478 e. The number of fused-ring (bicyclic) bond motifs is 2. The van der Waals surface area contributed by atoms with Crippen molar-refractivity contribution in [3.63, 3.8) is 0 Å². The van der Waals surface area contributed by atoms with Crippen LogP contribution in [0.3, 0.4) is 0 Å². The summed E-state index contributed by atoms with van der Waals surface area (Å²) >= 11 is 0. The van der Waals surface area contributed by atoms with Crippen LogP contribution in [0.5, 0.6) is 11.8 Å². The van der Waals surface area contributed by atoms with E-state index in [1.807, 2.05) is 26.0 Å². The highest BCUT2D eigenvalue weighted by Crippen LogP contribution is 2.29. The molecule has 0 N–H and O–H groups in total. The van der Waals surface area contributed by atoms with E-state index in [-0.39, 0.29) is 0 Å². The molecule has 0 radical (unpaired) electrons. The lowest BCUT2D eigenvalue weighted by Gasteiger charge is -2.13. The van der Waals surface area contributed by atoms with Crippen LogP contribution < -0.4 is 9.47 Å². The standard InChI is InChI=1S/C27H30N2O2/c1-7-30-24-11-16(3)22-14-20(9-18(5)26(22)28-24)13-21-10-19(6)27-23(15-21)17(4)12-25(29-27)31-8-2/h9-12,14-15H,7-8,13H2,1-6H3. The third kappa shape index (κ3) is 4.20. The zero-order valence-electron chi connectivity index (χ0n) is 19.3. The first-order chi connectivity index (χ1) is 14.9. The van der Waals surface area contributed by atoms with Gasteiger partial charge in [-0.15, -0.1) is 0 Å². The lowest BCUT2D eigenvalue weighted by atomic mass is 9.95. The minimum absolute atomic E-state index is 0.622. The van der Waals surface area contributed by atoms with Gasteiger partial charge in [-0.2, -0.15) is 0 Å². The molecule has 0 aliphatic rings. The molecular weight excluding hydrogens is 384 g/mol. The van der Waals surface area contributed by atoms with Gasteiger partial charge in [0.2, 0.25) is 11.8 Å². The van der Waals surface area contributed by atoms with Crippen molar-refractivity contribution in [1.82, 2.24) is 9.97 Å². The second-order valence-electron chi connectivity index (χ2n) is 8.22. The maximum Gasteiger partial charge on any atom is 0.214 e. The highest BCUT2D eigenvalue weighted by molar-refractivity contribution is 5.87. The molecule has 4 rings (SSSR count). The molecule has 0 bridgehead atoms. The first-order valence-corrected chi connectivity index (χ1v) is 11.0. The number of nitrogens with zero attached hydrogens (tertiary/aromatic N) is 2. The first kappa shape index (κ1) is 21.1. The van der Waals surface area contributed by atoms with Crippen LogP contribution in [-0.4, -0.2) is 23.2 Å². The molecule has 0 amide bonds. The Morgan fingerprint density at radius 3 is 1.39 bits per heavy atom. The predicted octanol–water partition coefficient (Wildman–Crippen LogP) is 6.40. The monoisotopic (exact) mass is 414 g/mol. The molecule has 4 aromatic rings. The Kier molecular flexibility index (Phi) is 5.81. The average Bonchev–Trinajstić information content (AvgIpc) is 2.70. The van der Waals surface area contributed by atoms with Crippen molar-refractivity contribution in [3.05, 3.63) is 69.8 Å². The van der Waals surface area contributed by atoms with Crippen LogP contribution in [0.1, 0.15) is 47.2 Å². The zero-order valence-corrected chi connectivity index (χ0v) is 19.3. The van der Waals surface area contributed by atoms with E-state index in [0.29, 0.717) is 25.0 Å². The van der Waals surface area contributed by atoms with E-state index in [9.17, 15) is 0 Å². The quantitative estimate of drug-likeness (QED) is 0.366. The molecule has 31 heavy (non-hydrogen) atoms. The molecule has 4 nitrogen and oxygen atoms in total. The number of aryl methyl sites for hydroxylation is 4. The smallest absolute Gasteiger partial charge is 0.214 e. The van der Waals surface area contributed by atoms with E-state index in [2.05, 4.69) is 52.0 Å². The van der Waals surface area contributed by atoms with Crippen molar-refractivity contribution < 1.29 is 9.47 Å². The summed E-state index contributed by atoms with van der Waals surface area (Å²) in [5.74, 6) is 1.39. The van der Waals surface area contributed by atoms with Crippen molar-refractivity contribution in [2.24, 2.45) is 0 Å². The lowest BCUT2D eigenvalue weighted by molar-refractivity contribution is 0.327. The summed E-state index contributed by atoms with van der Waals surface area (Å²) in [6, 6.07) is 13.1. The first-order valence-electron chi connectivity index (χ1n) is 11.0. The molecule has 2 aromatic carbocycles. The second kappa shape index (κ2) is 8.54. The molecule has 0 fully saturated rings. The Hall–Kier alpha value is -3.14. The van der Waals surface area contributed by atoms with Crippen molar-refractivity contribution >= 4 is 21.8 Å². The maximum absolute atomic E-state index is 5.64. The number of aromatic nitrogens is 2. The summed E-state index contributed by atoms with van der Waals surface area (Å²) in [4.78, 5) is 9.44. The predicted molar refractivity (Wildman–Crippen MR) is 128 cm³/mol. The van der Waals surface area contributed by atoms with Crippen molar-refractivity contribution in [3.8, 4) is 11.8 Å². The molecular formula is C27H30N2O2. The van der Waals surface area contributed by atoms with Gasteiger partial charge in [-0.25, -0.2) is 9.97 Å². The summed E-state index contributed by atoms with van der Waals surface area (Å²) in [5.41, 5.74) is 9.34. The van der Waals surface area contributed by atoms with Gasteiger partial charge in [-0.3, -0.25) is 0 Å². The van der Waals surface area contributed by atoms with Crippen LogP contribution in [0.4, 0.5) is 0 Å². The van der Waals surface area contributed by atoms with Crippen LogP contribution >= 0.6 is 0 Å². The molecule has 2 aromatic heterocycles. The fourth-order valence-corrected chi connectivity index (χ4v) is 4.30. The molecule has 0 aliphatic carbocycles. The molecule has 4 heteroatoms. The minimum atomic E-state index is 0.622. The van der Waals surface area contributed by atoms with Crippen LogP contribution in [-0.2, 0) is 6.42 Å². The van der Waals surface area contributed by atoms with E-state index < -0.39 is 0 Å². The summed E-state index contributed by atoms with van der Waals surface area (Å²) in [6.45, 7) is 13.7. The Morgan fingerprint density at radius 2 is 1.00 bits per heavy atom. The van der Waals surface area contributed by atoms with Gasteiger partial charge < -0.3 is 9.47 Å². The molecule has 0 unspecified atom stereocenters. The summed E-state index contributed by atoms with van der Waals surface area (Å²) in [5, 5.41) is 2.38. The summed E-state index contributed by atoms with van der Waals surface area (Å²) < 4.78 is 11.3. The highest BCUT2D eigenvalue weighted by Gasteiger charge is 2.11. The van der Waals surface area contributed by atoms with Crippen LogP contribution in [0.15, 0.2) is 36.4 Å². The fraction of sp³-hybridized carbons (Fsp3) is 0.333. The van der Waals surface area contributed by atoms with Crippen LogP contribution in [0.25, 0.3) is 21.8 Å². The molecule has 0 atom stereocenters. The van der Waals surface area contributed by atoms with Gasteiger partial charge in [0, 0.05) is 22.9 Å². The number of hydrogen-bond acceptors (Lipinski definition) is 4. The van der Waals surface area contributed by atoms with E-state index >= 15 is 0 Å². The van der Waals surface area contributed by atoms with Gasteiger partial charge in [-0.1, -0.05) is 12.1 Å². The van der Waals surface area contributed by atoms with Crippen LogP contribution in [0, 0.1) is 27.7 Å². The SMILES string of the molecule is CCOc1cc(C)c2cc(Cc3cc(C)c4nc(OCC)cc(C)c4c3)cc(C)c2n1. The second-order valence-corrected chi connectivity index (χ2v) is 8.22. The van der Waals surface area contributed by atoms with Gasteiger partial charge in [0.25, 0.3) is 0 Å². The topological polar surface area (TPSA) is 44.2 Å². The third-order valence-electron chi connectivity index (χ3n) is 5.69. The highest BCUT2D eigenvalue weighted by atomic mass is 16.5. The summed E-state index contributed by atoms with van der Waals surface area (Å²) in [6.07, 6.45) is 0.868.